The maximum absolute atomic E-state index is 13.3. The second kappa shape index (κ2) is 10.0. The Hall–Kier alpha value is -3.83. The molecule has 0 bridgehead atoms. The van der Waals surface area contributed by atoms with Gasteiger partial charge in [-0.1, -0.05) is 30.3 Å². The van der Waals surface area contributed by atoms with Crippen molar-refractivity contribution in [2.75, 3.05) is 22.0 Å². The molecule has 0 saturated heterocycles. The minimum atomic E-state index is -4.56. The maximum atomic E-state index is 13.3. The Kier molecular flexibility index (Phi) is 7.04. The van der Waals surface area contributed by atoms with Crippen LogP contribution in [0.3, 0.4) is 0 Å². The molecule has 0 atom stereocenters. The Labute approximate surface area is 210 Å². The number of sulfonamides is 1. The molecule has 0 spiro atoms. The third kappa shape index (κ3) is 5.52. The summed E-state index contributed by atoms with van der Waals surface area (Å²) in [5.74, 6) is 0. The van der Waals surface area contributed by atoms with E-state index < -0.39 is 27.8 Å². The minimum Gasteiger partial charge on any atom is -0.308 e. The molecule has 0 aliphatic rings. The second-order valence-corrected chi connectivity index (χ2v) is 10.4. The van der Waals surface area contributed by atoms with Crippen LogP contribution in [0.15, 0.2) is 94.5 Å². The summed E-state index contributed by atoms with van der Waals surface area (Å²) in [6.45, 7) is 0. The molecule has 4 aromatic rings. The molecule has 2 N–H and O–H groups in total. The van der Waals surface area contributed by atoms with E-state index in [1.165, 1.54) is 42.6 Å². The van der Waals surface area contributed by atoms with E-state index in [1.807, 2.05) is 10.8 Å². The van der Waals surface area contributed by atoms with Gasteiger partial charge in [-0.3, -0.25) is 4.31 Å². The lowest BCUT2D eigenvalue weighted by atomic mass is 10.1. The van der Waals surface area contributed by atoms with Crippen molar-refractivity contribution < 1.29 is 26.4 Å². The molecule has 11 heteroatoms. The van der Waals surface area contributed by atoms with Crippen LogP contribution in [-0.4, -0.2) is 21.5 Å². The van der Waals surface area contributed by atoms with Crippen molar-refractivity contribution in [3.05, 3.63) is 95.2 Å². The summed E-state index contributed by atoms with van der Waals surface area (Å²) < 4.78 is 66.7. The van der Waals surface area contributed by atoms with Gasteiger partial charge in [0.15, 0.2) is 0 Å². The van der Waals surface area contributed by atoms with Gasteiger partial charge in [0, 0.05) is 18.3 Å². The maximum Gasteiger partial charge on any atom is 0.416 e. The molecule has 0 unspecified atom stereocenters. The van der Waals surface area contributed by atoms with Crippen molar-refractivity contribution in [2.45, 2.75) is 11.1 Å². The average molecular weight is 532 g/mol. The molecule has 4 rings (SSSR count). The topological polar surface area (TPSA) is 78.5 Å². The lowest BCUT2D eigenvalue weighted by Gasteiger charge is -2.21. The summed E-state index contributed by atoms with van der Waals surface area (Å²) in [6, 6.07) is 18.0. The number of hydrogen-bond acceptors (Lipinski definition) is 4. The van der Waals surface area contributed by atoms with Crippen molar-refractivity contribution in [1.82, 2.24) is 0 Å². The van der Waals surface area contributed by atoms with Crippen LogP contribution in [0.2, 0.25) is 0 Å². The Morgan fingerprint density at radius 3 is 2.33 bits per heavy atom. The zero-order valence-electron chi connectivity index (χ0n) is 18.8. The first-order valence-electron chi connectivity index (χ1n) is 10.5. The molecule has 0 aliphatic heterocycles. The predicted molar refractivity (Wildman–Crippen MR) is 136 cm³/mol. The van der Waals surface area contributed by atoms with Crippen LogP contribution in [0.1, 0.15) is 5.56 Å². The number of carbonyl (C=O) groups is 1. The first-order valence-corrected chi connectivity index (χ1v) is 12.9. The summed E-state index contributed by atoms with van der Waals surface area (Å²) in [7, 11) is -2.56. The molecule has 1 aromatic heterocycles. The third-order valence-corrected chi connectivity index (χ3v) is 7.76. The van der Waals surface area contributed by atoms with E-state index in [0.29, 0.717) is 11.3 Å². The van der Waals surface area contributed by atoms with Gasteiger partial charge in [0.2, 0.25) is 0 Å². The Bertz CT molecular complexity index is 1470. The molecule has 0 fully saturated rings. The quantitative estimate of drug-likeness (QED) is 0.284. The first-order chi connectivity index (χ1) is 17.1. The number of benzene rings is 3. The summed E-state index contributed by atoms with van der Waals surface area (Å²) >= 11 is 1.42. The molecule has 36 heavy (non-hydrogen) atoms. The average Bonchev–Trinajstić information content (AvgIpc) is 3.38. The van der Waals surface area contributed by atoms with Crippen molar-refractivity contribution in [3.8, 4) is 11.1 Å². The largest absolute Gasteiger partial charge is 0.416 e. The van der Waals surface area contributed by atoms with Crippen LogP contribution in [0.4, 0.5) is 35.0 Å². The smallest absolute Gasteiger partial charge is 0.308 e. The van der Waals surface area contributed by atoms with Crippen molar-refractivity contribution in [1.29, 1.82) is 0 Å². The lowest BCUT2D eigenvalue weighted by Crippen LogP contribution is -2.27. The van der Waals surface area contributed by atoms with Crippen LogP contribution >= 0.6 is 11.3 Å². The first kappa shape index (κ1) is 25.3. The van der Waals surface area contributed by atoms with E-state index in [2.05, 4.69) is 10.6 Å². The summed E-state index contributed by atoms with van der Waals surface area (Å²) in [5, 5.41) is 8.62. The molecule has 1 heterocycles. The zero-order valence-corrected chi connectivity index (χ0v) is 20.4. The highest BCUT2D eigenvalue weighted by Gasteiger charge is 2.30. The van der Waals surface area contributed by atoms with Gasteiger partial charge in [0.1, 0.15) is 0 Å². The van der Waals surface area contributed by atoms with Crippen molar-refractivity contribution in [2.24, 2.45) is 0 Å². The molecule has 2 amide bonds. The molecule has 186 valence electrons. The molecule has 0 radical (unpaired) electrons. The molecule has 3 aromatic carbocycles. The number of amides is 2. The van der Waals surface area contributed by atoms with E-state index in [0.717, 1.165) is 22.0 Å². The Balaban J connectivity index is 1.66. The highest BCUT2D eigenvalue weighted by Crippen LogP contribution is 2.34. The summed E-state index contributed by atoms with van der Waals surface area (Å²) in [6.07, 6.45) is -4.56. The van der Waals surface area contributed by atoms with Crippen LogP contribution in [0, 0.1) is 0 Å². The van der Waals surface area contributed by atoms with Gasteiger partial charge < -0.3 is 10.6 Å². The van der Waals surface area contributed by atoms with Crippen molar-refractivity contribution >= 4 is 44.5 Å². The molecule has 6 nitrogen and oxygen atoms in total. The van der Waals surface area contributed by atoms with Crippen LogP contribution in [0.5, 0.6) is 0 Å². The molecular weight excluding hydrogens is 511 g/mol. The molecule has 0 aliphatic carbocycles. The normalized spacial score (nSPS) is 11.7. The summed E-state index contributed by atoms with van der Waals surface area (Å²) in [4.78, 5) is 12.7. The van der Waals surface area contributed by atoms with Gasteiger partial charge in [-0.05, 0) is 64.9 Å². The van der Waals surface area contributed by atoms with Crippen molar-refractivity contribution in [3.63, 3.8) is 0 Å². The van der Waals surface area contributed by atoms with Gasteiger partial charge in [-0.15, -0.1) is 0 Å². The number of hydrogen-bond donors (Lipinski definition) is 2. The fraction of sp³-hybridized carbons (Fsp3) is 0.0800. The number of halogens is 3. The van der Waals surface area contributed by atoms with Crippen LogP contribution in [0.25, 0.3) is 11.1 Å². The number of carbonyl (C=O) groups excluding carboxylic acids is 1. The van der Waals surface area contributed by atoms with E-state index in [1.54, 1.807) is 42.5 Å². The van der Waals surface area contributed by atoms with Gasteiger partial charge in [-0.2, -0.15) is 24.5 Å². The lowest BCUT2D eigenvalue weighted by molar-refractivity contribution is -0.137. The van der Waals surface area contributed by atoms with Crippen LogP contribution < -0.4 is 14.9 Å². The Morgan fingerprint density at radius 2 is 1.67 bits per heavy atom. The van der Waals surface area contributed by atoms with E-state index >= 15 is 0 Å². The van der Waals surface area contributed by atoms with Gasteiger partial charge in [-0.25, -0.2) is 13.2 Å². The van der Waals surface area contributed by atoms with E-state index in [9.17, 15) is 26.4 Å². The van der Waals surface area contributed by atoms with E-state index in [-0.39, 0.29) is 16.3 Å². The monoisotopic (exact) mass is 531 g/mol. The number of urea groups is 1. The number of alkyl halides is 3. The zero-order chi connectivity index (χ0) is 25.9. The number of para-hydroxylation sites is 1. The predicted octanol–water partition coefficient (Wildman–Crippen LogP) is 6.90. The minimum absolute atomic E-state index is 0.0630. The van der Waals surface area contributed by atoms with Gasteiger partial charge >= 0.3 is 12.2 Å². The van der Waals surface area contributed by atoms with Crippen LogP contribution in [-0.2, 0) is 16.2 Å². The summed E-state index contributed by atoms with van der Waals surface area (Å²) in [5.41, 5.74) is 0.964. The van der Waals surface area contributed by atoms with E-state index in [4.69, 9.17) is 0 Å². The fourth-order valence-electron chi connectivity index (χ4n) is 3.45. The molecule has 0 saturated carbocycles. The SMILES string of the molecule is CN(c1ccccc1)S(=O)(=O)c1ccc(-c2ccsc2)c(NC(=O)Nc2cccc(C(F)(F)F)c2)c1. The second-order valence-electron chi connectivity index (χ2n) is 7.69. The van der Waals surface area contributed by atoms with Gasteiger partial charge in [0.25, 0.3) is 10.0 Å². The third-order valence-electron chi connectivity index (χ3n) is 5.30. The number of thiophene rings is 1. The highest BCUT2D eigenvalue weighted by molar-refractivity contribution is 7.92. The van der Waals surface area contributed by atoms with Gasteiger partial charge in [0.05, 0.1) is 21.8 Å². The fourth-order valence-corrected chi connectivity index (χ4v) is 5.33. The highest BCUT2D eigenvalue weighted by atomic mass is 32.2. The number of rotatable bonds is 6. The number of anilines is 3. The standard InChI is InChI=1S/C25H20F3N3O3S2/c1-31(20-8-3-2-4-9-20)36(33,34)21-10-11-22(17-12-13-35-16-17)23(15-21)30-24(32)29-19-7-5-6-18(14-19)25(26,27)28/h2-16H,1H3,(H2,29,30,32). The molecular formula is C25H20F3N3O3S2. The Morgan fingerprint density at radius 1 is 0.917 bits per heavy atom. The number of nitrogens with one attached hydrogen (secondary N) is 2. The number of nitrogens with zero attached hydrogens (tertiary/aromatic N) is 1.